The minimum atomic E-state index is 0.266. The van der Waals surface area contributed by atoms with Gasteiger partial charge in [-0.1, -0.05) is 31.2 Å². The Morgan fingerprint density at radius 1 is 1.70 bits per heavy atom. The molecule has 0 saturated carbocycles. The lowest BCUT2D eigenvalue weighted by Gasteiger charge is -2.06. The van der Waals surface area contributed by atoms with Crippen LogP contribution in [-0.4, -0.2) is 11.7 Å². The predicted molar refractivity (Wildman–Crippen MR) is 44.8 cm³/mol. The van der Waals surface area contributed by atoms with Crippen LogP contribution < -0.4 is 0 Å². The minimum Gasteiger partial charge on any atom is -0.396 e. The summed E-state index contributed by atoms with van der Waals surface area (Å²) in [7, 11) is 0. The topological polar surface area (TPSA) is 20.2 Å². The lowest BCUT2D eigenvalue weighted by molar-refractivity contribution is 0.237. The molecule has 1 N–H and O–H groups in total. The number of allylic oxidation sites excluding steroid dienone is 3. The average molecular weight is 140 g/mol. The monoisotopic (exact) mass is 140 g/mol. The molecule has 1 nitrogen and oxygen atoms in total. The van der Waals surface area contributed by atoms with Crippen LogP contribution in [0, 0.1) is 5.92 Å². The van der Waals surface area contributed by atoms with Crippen LogP contribution in [0.25, 0.3) is 0 Å². The molecule has 58 valence electrons. The van der Waals surface area contributed by atoms with Crippen molar-refractivity contribution in [3.05, 3.63) is 24.3 Å². The Labute approximate surface area is 63.1 Å². The van der Waals surface area contributed by atoms with Gasteiger partial charge in [0, 0.05) is 6.61 Å². The van der Waals surface area contributed by atoms with Crippen LogP contribution in [0.4, 0.5) is 0 Å². The molecular weight excluding hydrogens is 124 g/mol. The van der Waals surface area contributed by atoms with Crippen molar-refractivity contribution in [3.63, 3.8) is 0 Å². The summed E-state index contributed by atoms with van der Waals surface area (Å²) in [6.07, 6.45) is 4.72. The second-order valence-corrected chi connectivity index (χ2v) is 2.74. The second-order valence-electron chi connectivity index (χ2n) is 2.74. The summed E-state index contributed by atoms with van der Waals surface area (Å²) in [5.74, 6) is 0.371. The van der Waals surface area contributed by atoms with Crippen molar-refractivity contribution in [2.24, 2.45) is 5.92 Å². The molecule has 0 radical (unpaired) electrons. The summed E-state index contributed by atoms with van der Waals surface area (Å²) >= 11 is 0. The second kappa shape index (κ2) is 5.24. The van der Waals surface area contributed by atoms with Crippen LogP contribution in [0.5, 0.6) is 0 Å². The fraction of sp³-hybridized carbons (Fsp3) is 0.556. The Morgan fingerprint density at radius 2 is 2.30 bits per heavy atom. The summed E-state index contributed by atoms with van der Waals surface area (Å²) in [5, 5.41) is 8.70. The molecule has 0 rings (SSSR count). The smallest absolute Gasteiger partial charge is 0.0459 e. The summed E-state index contributed by atoms with van der Waals surface area (Å²) < 4.78 is 0. The van der Waals surface area contributed by atoms with Crippen molar-refractivity contribution in [1.82, 2.24) is 0 Å². The van der Waals surface area contributed by atoms with Gasteiger partial charge >= 0.3 is 0 Å². The van der Waals surface area contributed by atoms with Gasteiger partial charge in [-0.05, 0) is 19.3 Å². The Balaban J connectivity index is 3.66. The van der Waals surface area contributed by atoms with E-state index in [9.17, 15) is 0 Å². The van der Waals surface area contributed by atoms with E-state index in [2.05, 4.69) is 6.58 Å². The van der Waals surface area contributed by atoms with Crippen molar-refractivity contribution >= 4 is 0 Å². The summed E-state index contributed by atoms with van der Waals surface area (Å²) in [6, 6.07) is 0. The van der Waals surface area contributed by atoms with E-state index in [0.29, 0.717) is 5.92 Å². The van der Waals surface area contributed by atoms with Crippen molar-refractivity contribution in [3.8, 4) is 0 Å². The van der Waals surface area contributed by atoms with Crippen LogP contribution in [0.15, 0.2) is 24.3 Å². The van der Waals surface area contributed by atoms with Crippen molar-refractivity contribution < 1.29 is 5.11 Å². The molecule has 0 aromatic carbocycles. The SMILES string of the molecule is C=C/C=C(/C)CC(C)CO. The molecule has 0 fully saturated rings. The van der Waals surface area contributed by atoms with Crippen LogP contribution in [0.2, 0.25) is 0 Å². The van der Waals surface area contributed by atoms with Crippen LogP contribution in [-0.2, 0) is 0 Å². The molecule has 0 bridgehead atoms. The van der Waals surface area contributed by atoms with Gasteiger partial charge in [-0.3, -0.25) is 0 Å². The summed E-state index contributed by atoms with van der Waals surface area (Å²) in [6.45, 7) is 7.94. The van der Waals surface area contributed by atoms with Crippen molar-refractivity contribution in [1.29, 1.82) is 0 Å². The fourth-order valence-electron chi connectivity index (χ4n) is 0.883. The first-order chi connectivity index (χ1) is 4.70. The number of hydrogen-bond donors (Lipinski definition) is 1. The maximum absolute atomic E-state index is 8.70. The maximum atomic E-state index is 8.70. The van der Waals surface area contributed by atoms with Gasteiger partial charge in [-0.25, -0.2) is 0 Å². The largest absolute Gasteiger partial charge is 0.396 e. The zero-order chi connectivity index (χ0) is 7.98. The quantitative estimate of drug-likeness (QED) is 0.593. The van der Waals surface area contributed by atoms with Crippen molar-refractivity contribution in [2.75, 3.05) is 6.61 Å². The van der Waals surface area contributed by atoms with Crippen LogP contribution in [0.3, 0.4) is 0 Å². The Bertz CT molecular complexity index is 125. The van der Waals surface area contributed by atoms with E-state index in [-0.39, 0.29) is 6.61 Å². The van der Waals surface area contributed by atoms with E-state index in [0.717, 1.165) is 6.42 Å². The third-order valence-electron chi connectivity index (χ3n) is 1.38. The molecule has 0 amide bonds. The molecule has 1 atom stereocenters. The first-order valence-electron chi connectivity index (χ1n) is 3.59. The molecule has 1 unspecified atom stereocenters. The highest BCUT2D eigenvalue weighted by molar-refractivity contribution is 5.07. The molecule has 0 spiro atoms. The highest BCUT2D eigenvalue weighted by Gasteiger charge is 1.98. The molecule has 0 saturated heterocycles. The van der Waals surface area contributed by atoms with E-state index in [1.807, 2.05) is 19.9 Å². The molecule has 0 heterocycles. The molecule has 0 aliphatic rings. The normalized spacial score (nSPS) is 14.9. The van der Waals surface area contributed by atoms with Crippen LogP contribution >= 0.6 is 0 Å². The molecule has 0 aliphatic carbocycles. The average Bonchev–Trinajstić information content (AvgIpc) is 1.88. The van der Waals surface area contributed by atoms with Crippen molar-refractivity contribution in [2.45, 2.75) is 20.3 Å². The van der Waals surface area contributed by atoms with Gasteiger partial charge in [-0.15, -0.1) is 0 Å². The number of hydrogen-bond acceptors (Lipinski definition) is 1. The Kier molecular flexibility index (Phi) is 4.95. The molecule has 1 heteroatoms. The predicted octanol–water partition coefficient (Wildman–Crippen LogP) is 2.14. The molecule has 0 aromatic heterocycles. The lowest BCUT2D eigenvalue weighted by Crippen LogP contribution is -2.00. The Morgan fingerprint density at radius 3 is 2.70 bits per heavy atom. The maximum Gasteiger partial charge on any atom is 0.0459 e. The molecule has 0 aromatic rings. The van der Waals surface area contributed by atoms with Gasteiger partial charge in [0.15, 0.2) is 0 Å². The lowest BCUT2D eigenvalue weighted by atomic mass is 10.0. The fourth-order valence-corrected chi connectivity index (χ4v) is 0.883. The van der Waals surface area contributed by atoms with Crippen LogP contribution in [0.1, 0.15) is 20.3 Å². The first-order valence-corrected chi connectivity index (χ1v) is 3.59. The van der Waals surface area contributed by atoms with E-state index in [4.69, 9.17) is 5.11 Å². The number of aliphatic hydroxyl groups is 1. The Hall–Kier alpha value is -0.560. The van der Waals surface area contributed by atoms with E-state index >= 15 is 0 Å². The van der Waals surface area contributed by atoms with Gasteiger partial charge in [-0.2, -0.15) is 0 Å². The number of aliphatic hydroxyl groups excluding tert-OH is 1. The zero-order valence-electron chi connectivity index (χ0n) is 6.80. The van der Waals surface area contributed by atoms with E-state index in [1.54, 1.807) is 6.08 Å². The third-order valence-corrected chi connectivity index (χ3v) is 1.38. The molecular formula is C9H16O. The van der Waals surface area contributed by atoms with Gasteiger partial charge < -0.3 is 5.11 Å². The zero-order valence-corrected chi connectivity index (χ0v) is 6.80. The van der Waals surface area contributed by atoms with Gasteiger partial charge in [0.2, 0.25) is 0 Å². The van der Waals surface area contributed by atoms with Gasteiger partial charge in [0.1, 0.15) is 0 Å². The number of rotatable bonds is 4. The highest BCUT2D eigenvalue weighted by atomic mass is 16.3. The van der Waals surface area contributed by atoms with E-state index < -0.39 is 0 Å². The van der Waals surface area contributed by atoms with Gasteiger partial charge in [0.05, 0.1) is 0 Å². The first kappa shape index (κ1) is 9.44. The summed E-state index contributed by atoms with van der Waals surface area (Å²) in [5.41, 5.74) is 1.27. The molecule has 10 heavy (non-hydrogen) atoms. The standard InChI is InChI=1S/C9H16O/c1-4-5-8(2)6-9(3)7-10/h4-5,9-10H,1,6-7H2,2-3H3/b8-5-. The minimum absolute atomic E-state index is 0.266. The summed E-state index contributed by atoms with van der Waals surface area (Å²) in [4.78, 5) is 0. The third kappa shape index (κ3) is 4.33. The molecule has 0 aliphatic heterocycles. The van der Waals surface area contributed by atoms with Gasteiger partial charge in [0.25, 0.3) is 0 Å². The highest BCUT2D eigenvalue weighted by Crippen LogP contribution is 2.09. The van der Waals surface area contributed by atoms with E-state index in [1.165, 1.54) is 5.57 Å².